The van der Waals surface area contributed by atoms with E-state index in [9.17, 15) is 4.79 Å². The topological polar surface area (TPSA) is 61.1 Å². The van der Waals surface area contributed by atoms with Crippen molar-refractivity contribution >= 4 is 28.2 Å². The summed E-state index contributed by atoms with van der Waals surface area (Å²) in [5.74, 6) is 0. The average molecular weight is 285 g/mol. The molecule has 5 heteroatoms. The maximum Gasteiger partial charge on any atom is 0.257 e. The van der Waals surface area contributed by atoms with Crippen molar-refractivity contribution in [2.75, 3.05) is 0 Å². The van der Waals surface area contributed by atoms with Crippen LogP contribution in [-0.2, 0) is 0 Å². The molecular formula is C8H4IN3O. The normalized spacial score (nSPS) is 10.2. The Hall–Kier alpha value is -1.29. The van der Waals surface area contributed by atoms with E-state index in [0.29, 0.717) is 11.3 Å². The maximum atomic E-state index is 11.4. The molecule has 0 radical (unpaired) electrons. The van der Waals surface area contributed by atoms with Crippen molar-refractivity contribution in [1.29, 1.82) is 5.26 Å². The van der Waals surface area contributed by atoms with Crippen LogP contribution in [0.25, 0.3) is 5.65 Å². The number of nitrogens with zero attached hydrogens (tertiary/aromatic N) is 2. The Balaban J connectivity index is 3.07. The molecule has 2 aromatic heterocycles. The molecule has 0 aliphatic rings. The summed E-state index contributed by atoms with van der Waals surface area (Å²) in [5, 5.41) is 8.71. The van der Waals surface area contributed by atoms with E-state index >= 15 is 0 Å². The minimum absolute atomic E-state index is 0.187. The number of fused-ring (bicyclic) bond motifs is 1. The predicted octanol–water partition coefficient (Wildman–Crippen LogP) is 1.10. The van der Waals surface area contributed by atoms with Gasteiger partial charge in [-0.2, -0.15) is 5.26 Å². The van der Waals surface area contributed by atoms with Crippen molar-refractivity contribution in [1.82, 2.24) is 9.38 Å². The zero-order chi connectivity index (χ0) is 9.42. The van der Waals surface area contributed by atoms with Crippen LogP contribution in [-0.4, -0.2) is 9.38 Å². The highest BCUT2D eigenvalue weighted by Crippen LogP contribution is 2.10. The van der Waals surface area contributed by atoms with Crippen LogP contribution in [0.1, 0.15) is 5.69 Å². The maximum absolute atomic E-state index is 11.4. The van der Waals surface area contributed by atoms with Crippen LogP contribution in [0.15, 0.2) is 23.1 Å². The van der Waals surface area contributed by atoms with E-state index in [1.54, 1.807) is 6.07 Å². The fourth-order valence-corrected chi connectivity index (χ4v) is 1.75. The summed E-state index contributed by atoms with van der Waals surface area (Å²) >= 11 is 2.10. The second kappa shape index (κ2) is 2.88. The van der Waals surface area contributed by atoms with Crippen molar-refractivity contribution in [2.45, 2.75) is 0 Å². The summed E-state index contributed by atoms with van der Waals surface area (Å²) in [6, 6.07) is 5.11. The molecular weight excluding hydrogens is 281 g/mol. The van der Waals surface area contributed by atoms with Crippen LogP contribution in [0, 0.1) is 14.9 Å². The lowest BCUT2D eigenvalue weighted by Crippen LogP contribution is -2.12. The van der Waals surface area contributed by atoms with Gasteiger partial charge >= 0.3 is 0 Å². The molecule has 2 heterocycles. The Morgan fingerprint density at radius 2 is 2.31 bits per heavy atom. The number of nitriles is 1. The number of halogens is 1. The highest BCUT2D eigenvalue weighted by Gasteiger charge is 2.06. The third-order valence-electron chi connectivity index (χ3n) is 1.74. The minimum Gasteiger partial charge on any atom is -0.344 e. The van der Waals surface area contributed by atoms with E-state index in [4.69, 9.17) is 5.26 Å². The van der Waals surface area contributed by atoms with E-state index in [0.717, 1.165) is 3.57 Å². The number of H-pyrrole nitrogens is 1. The largest absolute Gasteiger partial charge is 0.344 e. The lowest BCUT2D eigenvalue weighted by atomic mass is 10.4. The van der Waals surface area contributed by atoms with E-state index in [1.165, 1.54) is 16.7 Å². The first-order valence-corrected chi connectivity index (χ1v) is 4.60. The van der Waals surface area contributed by atoms with Crippen LogP contribution in [0.3, 0.4) is 0 Å². The number of aromatic amines is 1. The molecule has 0 unspecified atom stereocenters. The third kappa shape index (κ3) is 1.14. The van der Waals surface area contributed by atoms with E-state index < -0.39 is 0 Å². The lowest BCUT2D eigenvalue weighted by molar-refractivity contribution is 1.08. The van der Waals surface area contributed by atoms with E-state index in [-0.39, 0.29) is 5.56 Å². The Morgan fingerprint density at radius 1 is 1.54 bits per heavy atom. The molecule has 13 heavy (non-hydrogen) atoms. The summed E-state index contributed by atoms with van der Waals surface area (Å²) in [5.41, 5.74) is 0.816. The molecule has 0 aromatic carbocycles. The van der Waals surface area contributed by atoms with Gasteiger partial charge in [-0.25, -0.2) is 0 Å². The quantitative estimate of drug-likeness (QED) is 0.737. The number of hydrogen-bond donors (Lipinski definition) is 1. The molecule has 0 saturated heterocycles. The first kappa shape index (κ1) is 8.31. The Bertz CT molecular complexity index is 561. The summed E-state index contributed by atoms with van der Waals surface area (Å²) in [6.45, 7) is 0. The highest BCUT2D eigenvalue weighted by atomic mass is 127. The molecule has 0 bridgehead atoms. The average Bonchev–Trinajstić information content (AvgIpc) is 2.56. The van der Waals surface area contributed by atoms with Gasteiger partial charge in [-0.15, -0.1) is 0 Å². The van der Waals surface area contributed by atoms with Gasteiger partial charge in [0.25, 0.3) is 5.56 Å². The first-order valence-electron chi connectivity index (χ1n) is 3.53. The molecule has 4 nitrogen and oxygen atoms in total. The van der Waals surface area contributed by atoms with Crippen LogP contribution in [0.2, 0.25) is 0 Å². The molecule has 0 atom stereocenters. The number of hydrogen-bond acceptors (Lipinski definition) is 2. The fraction of sp³-hybridized carbons (Fsp3) is 0. The van der Waals surface area contributed by atoms with Gasteiger partial charge in [0.2, 0.25) is 0 Å². The van der Waals surface area contributed by atoms with Crippen molar-refractivity contribution in [3.63, 3.8) is 0 Å². The van der Waals surface area contributed by atoms with Crippen molar-refractivity contribution < 1.29 is 0 Å². The number of nitrogens with one attached hydrogen (secondary N) is 1. The Labute approximate surface area is 87.0 Å². The van der Waals surface area contributed by atoms with Crippen molar-refractivity contribution in [3.05, 3.63) is 37.9 Å². The van der Waals surface area contributed by atoms with Crippen molar-refractivity contribution in [3.8, 4) is 6.07 Å². The molecule has 0 aliphatic carbocycles. The number of rotatable bonds is 0. The molecule has 1 N–H and O–H groups in total. The summed E-state index contributed by atoms with van der Waals surface area (Å²) in [7, 11) is 0. The fourth-order valence-electron chi connectivity index (χ4n) is 1.17. The highest BCUT2D eigenvalue weighted by molar-refractivity contribution is 14.1. The van der Waals surface area contributed by atoms with Gasteiger partial charge in [-0.05, 0) is 28.7 Å². The molecule has 0 fully saturated rings. The van der Waals surface area contributed by atoms with Crippen LogP contribution >= 0.6 is 22.6 Å². The van der Waals surface area contributed by atoms with Gasteiger partial charge in [0.1, 0.15) is 17.4 Å². The van der Waals surface area contributed by atoms with Crippen LogP contribution in [0.4, 0.5) is 0 Å². The summed E-state index contributed by atoms with van der Waals surface area (Å²) < 4.78 is 2.28. The van der Waals surface area contributed by atoms with Gasteiger partial charge in [-0.1, -0.05) is 0 Å². The van der Waals surface area contributed by atoms with Gasteiger partial charge in [0.05, 0.1) is 3.57 Å². The standard InChI is InChI=1S/C8H4IN3O/c9-6-1-2-7(13)12-5(3-10)4-11-8(6)12/h1-2,4,11H. The smallest absolute Gasteiger partial charge is 0.257 e. The van der Waals surface area contributed by atoms with E-state index in [2.05, 4.69) is 27.6 Å². The SMILES string of the molecule is N#Cc1c[nH]c2c(I)ccc(=O)n12. The molecule has 0 amide bonds. The van der Waals surface area contributed by atoms with Gasteiger partial charge in [0, 0.05) is 12.3 Å². The molecule has 2 aromatic rings. The minimum atomic E-state index is -0.187. The zero-order valence-corrected chi connectivity index (χ0v) is 8.57. The van der Waals surface area contributed by atoms with Gasteiger partial charge in [0.15, 0.2) is 0 Å². The molecule has 0 spiro atoms. The number of imidazole rings is 1. The zero-order valence-electron chi connectivity index (χ0n) is 6.41. The molecule has 2 rings (SSSR count). The Morgan fingerprint density at radius 3 is 3.00 bits per heavy atom. The summed E-state index contributed by atoms with van der Waals surface area (Å²) in [6.07, 6.45) is 1.53. The second-order valence-electron chi connectivity index (χ2n) is 2.49. The number of pyridine rings is 1. The Kier molecular flexibility index (Phi) is 1.84. The van der Waals surface area contributed by atoms with Gasteiger partial charge < -0.3 is 4.98 Å². The summed E-state index contributed by atoms with van der Waals surface area (Å²) in [4.78, 5) is 14.2. The predicted molar refractivity (Wildman–Crippen MR) is 55.4 cm³/mol. The van der Waals surface area contributed by atoms with Crippen molar-refractivity contribution in [2.24, 2.45) is 0 Å². The third-order valence-corrected chi connectivity index (χ3v) is 2.61. The monoisotopic (exact) mass is 285 g/mol. The molecule has 0 aliphatic heterocycles. The van der Waals surface area contributed by atoms with Gasteiger partial charge in [-0.3, -0.25) is 9.20 Å². The second-order valence-corrected chi connectivity index (χ2v) is 3.65. The lowest BCUT2D eigenvalue weighted by Gasteiger charge is -1.94. The molecule has 64 valence electrons. The van der Waals surface area contributed by atoms with Crippen LogP contribution < -0.4 is 5.56 Å². The molecule has 0 saturated carbocycles. The van der Waals surface area contributed by atoms with Crippen LogP contribution in [0.5, 0.6) is 0 Å². The first-order chi connectivity index (χ1) is 6.24. The van der Waals surface area contributed by atoms with E-state index in [1.807, 2.05) is 6.07 Å². The number of aromatic nitrogens is 2.